The predicted octanol–water partition coefficient (Wildman–Crippen LogP) is 3.79. The van der Waals surface area contributed by atoms with Crippen molar-refractivity contribution < 1.29 is 9.59 Å². The largest absolute Gasteiger partial charge is 0.350 e. The Labute approximate surface area is 138 Å². The van der Waals surface area contributed by atoms with Crippen LogP contribution in [0.5, 0.6) is 0 Å². The highest BCUT2D eigenvalue weighted by molar-refractivity contribution is 5.94. The number of hydrogen-bond acceptors (Lipinski definition) is 2. The van der Waals surface area contributed by atoms with E-state index in [2.05, 4.69) is 10.6 Å². The highest BCUT2D eigenvalue weighted by Gasteiger charge is 2.29. The van der Waals surface area contributed by atoms with Gasteiger partial charge in [0, 0.05) is 18.0 Å². The average molecular weight is 314 g/mol. The molecule has 0 bridgehead atoms. The fourth-order valence-corrected chi connectivity index (χ4v) is 3.31. The molecule has 0 radical (unpaired) electrons. The summed E-state index contributed by atoms with van der Waals surface area (Å²) in [7, 11) is 0. The molecule has 2 amide bonds. The van der Waals surface area contributed by atoms with Crippen molar-refractivity contribution in [3.8, 4) is 0 Å². The number of hydrogen-bond donors (Lipinski definition) is 2. The Kier molecular flexibility index (Phi) is 4.99. The van der Waals surface area contributed by atoms with Crippen molar-refractivity contribution in [1.82, 2.24) is 5.32 Å². The summed E-state index contributed by atoms with van der Waals surface area (Å²) in [6.07, 6.45) is 7.58. The minimum absolute atomic E-state index is 0.00270. The molecule has 2 N–H and O–H groups in total. The van der Waals surface area contributed by atoms with E-state index in [1.807, 2.05) is 31.2 Å². The van der Waals surface area contributed by atoms with Crippen LogP contribution in [0.1, 0.15) is 63.5 Å². The molecule has 1 unspecified atom stereocenters. The van der Waals surface area contributed by atoms with E-state index in [1.54, 1.807) is 0 Å². The summed E-state index contributed by atoms with van der Waals surface area (Å²) in [6, 6.07) is 7.77. The first-order chi connectivity index (χ1) is 11.1. The number of carbonyl (C=O) groups excluding carboxylic acids is 2. The molecule has 2 aliphatic carbocycles. The molecule has 23 heavy (non-hydrogen) atoms. The van der Waals surface area contributed by atoms with Crippen LogP contribution in [0.3, 0.4) is 0 Å². The summed E-state index contributed by atoms with van der Waals surface area (Å²) in [4.78, 5) is 23.8. The molecule has 2 aliphatic rings. The van der Waals surface area contributed by atoms with Gasteiger partial charge in [0.15, 0.2) is 0 Å². The maximum atomic E-state index is 12.1. The zero-order chi connectivity index (χ0) is 16.2. The Morgan fingerprint density at radius 2 is 1.74 bits per heavy atom. The highest BCUT2D eigenvalue weighted by Crippen LogP contribution is 2.30. The second-order valence-electron chi connectivity index (χ2n) is 7.03. The smallest absolute Gasteiger partial charge is 0.227 e. The van der Waals surface area contributed by atoms with Gasteiger partial charge in [-0.25, -0.2) is 0 Å². The molecule has 0 aliphatic heterocycles. The molecular weight excluding hydrogens is 288 g/mol. The Balaban J connectivity index is 1.49. The first-order valence-corrected chi connectivity index (χ1v) is 8.82. The van der Waals surface area contributed by atoms with Crippen LogP contribution in [0, 0.1) is 11.8 Å². The maximum Gasteiger partial charge on any atom is 0.227 e. The maximum absolute atomic E-state index is 12.1. The van der Waals surface area contributed by atoms with Gasteiger partial charge in [0.05, 0.1) is 6.04 Å². The number of carbonyl (C=O) groups is 2. The van der Waals surface area contributed by atoms with E-state index in [9.17, 15) is 9.59 Å². The van der Waals surface area contributed by atoms with Crippen molar-refractivity contribution in [3.63, 3.8) is 0 Å². The normalized spacial score (nSPS) is 19.3. The molecule has 1 aromatic carbocycles. The average Bonchev–Trinajstić information content (AvgIpc) is 3.27. The summed E-state index contributed by atoms with van der Waals surface area (Å²) in [5, 5.41) is 6.02. The van der Waals surface area contributed by atoms with Crippen LogP contribution in [0.2, 0.25) is 0 Å². The van der Waals surface area contributed by atoms with Crippen LogP contribution < -0.4 is 10.6 Å². The van der Waals surface area contributed by atoms with Crippen LogP contribution in [0.15, 0.2) is 24.3 Å². The summed E-state index contributed by atoms with van der Waals surface area (Å²) < 4.78 is 0. The first-order valence-electron chi connectivity index (χ1n) is 8.82. The highest BCUT2D eigenvalue weighted by atomic mass is 16.2. The molecule has 0 spiro atoms. The quantitative estimate of drug-likeness (QED) is 0.839. The Morgan fingerprint density at radius 1 is 1.09 bits per heavy atom. The third-order valence-electron chi connectivity index (χ3n) is 4.95. The fourth-order valence-electron chi connectivity index (χ4n) is 3.31. The molecule has 3 rings (SSSR count). The van der Waals surface area contributed by atoms with E-state index in [-0.39, 0.29) is 23.8 Å². The Bertz CT molecular complexity index is 557. The molecule has 124 valence electrons. The van der Waals surface area contributed by atoms with E-state index in [0.29, 0.717) is 12.3 Å². The number of anilines is 1. The standard InChI is InChI=1S/C19H26N2O2/c1-13(20-18(22)12-14-4-2-3-5-14)15-8-10-17(11-9-15)21-19(23)16-6-7-16/h8-11,13-14,16H,2-7,12H2,1H3,(H,20,22)(H,21,23). The second kappa shape index (κ2) is 7.16. The summed E-state index contributed by atoms with van der Waals surface area (Å²) in [5.41, 5.74) is 1.89. The Morgan fingerprint density at radius 3 is 2.35 bits per heavy atom. The lowest BCUT2D eigenvalue weighted by atomic mass is 10.0. The van der Waals surface area contributed by atoms with E-state index in [1.165, 1.54) is 25.7 Å². The van der Waals surface area contributed by atoms with E-state index in [4.69, 9.17) is 0 Å². The summed E-state index contributed by atoms with van der Waals surface area (Å²) in [6.45, 7) is 2.00. The van der Waals surface area contributed by atoms with Crippen LogP contribution in [0.25, 0.3) is 0 Å². The topological polar surface area (TPSA) is 58.2 Å². The van der Waals surface area contributed by atoms with Gasteiger partial charge in [0.1, 0.15) is 0 Å². The van der Waals surface area contributed by atoms with Crippen molar-refractivity contribution >= 4 is 17.5 Å². The monoisotopic (exact) mass is 314 g/mol. The van der Waals surface area contributed by atoms with Gasteiger partial charge in [0.25, 0.3) is 0 Å². The van der Waals surface area contributed by atoms with Crippen LogP contribution in [0.4, 0.5) is 5.69 Å². The fraction of sp³-hybridized carbons (Fsp3) is 0.579. The lowest BCUT2D eigenvalue weighted by Crippen LogP contribution is -2.28. The van der Waals surface area contributed by atoms with Crippen molar-refractivity contribution in [2.24, 2.45) is 11.8 Å². The zero-order valence-corrected chi connectivity index (χ0v) is 13.8. The second-order valence-corrected chi connectivity index (χ2v) is 7.03. The first kappa shape index (κ1) is 16.0. The van der Waals surface area contributed by atoms with Gasteiger partial charge >= 0.3 is 0 Å². The van der Waals surface area contributed by atoms with Gasteiger partial charge < -0.3 is 10.6 Å². The molecule has 1 aromatic rings. The van der Waals surface area contributed by atoms with E-state index >= 15 is 0 Å². The van der Waals surface area contributed by atoms with Crippen molar-refractivity contribution in [2.75, 3.05) is 5.32 Å². The van der Waals surface area contributed by atoms with Gasteiger partial charge in [0.2, 0.25) is 11.8 Å². The molecule has 0 heterocycles. The van der Waals surface area contributed by atoms with E-state index in [0.717, 1.165) is 24.1 Å². The SMILES string of the molecule is CC(NC(=O)CC1CCCC1)c1ccc(NC(=O)C2CC2)cc1. The van der Waals surface area contributed by atoms with E-state index < -0.39 is 0 Å². The van der Waals surface area contributed by atoms with Gasteiger partial charge in [-0.05, 0) is 56.2 Å². The molecular formula is C19H26N2O2. The van der Waals surface area contributed by atoms with Crippen molar-refractivity contribution in [3.05, 3.63) is 29.8 Å². The number of rotatable bonds is 6. The molecule has 4 nitrogen and oxygen atoms in total. The zero-order valence-electron chi connectivity index (χ0n) is 13.8. The lowest BCUT2D eigenvalue weighted by Gasteiger charge is -2.16. The van der Waals surface area contributed by atoms with Crippen LogP contribution >= 0.6 is 0 Å². The number of benzene rings is 1. The minimum atomic E-state index is -0.00270. The Hall–Kier alpha value is -1.84. The van der Waals surface area contributed by atoms with Crippen LogP contribution in [-0.4, -0.2) is 11.8 Å². The molecule has 2 saturated carbocycles. The molecule has 4 heteroatoms. The van der Waals surface area contributed by atoms with Gasteiger partial charge in [-0.3, -0.25) is 9.59 Å². The molecule has 2 fully saturated rings. The van der Waals surface area contributed by atoms with Gasteiger partial charge in [-0.2, -0.15) is 0 Å². The van der Waals surface area contributed by atoms with Gasteiger partial charge in [-0.1, -0.05) is 25.0 Å². The van der Waals surface area contributed by atoms with Crippen molar-refractivity contribution in [2.45, 2.75) is 57.9 Å². The third-order valence-corrected chi connectivity index (χ3v) is 4.95. The third kappa shape index (κ3) is 4.57. The molecule has 0 saturated heterocycles. The lowest BCUT2D eigenvalue weighted by molar-refractivity contribution is -0.122. The molecule has 0 aromatic heterocycles. The van der Waals surface area contributed by atoms with Crippen molar-refractivity contribution in [1.29, 1.82) is 0 Å². The molecule has 1 atom stereocenters. The predicted molar refractivity (Wildman–Crippen MR) is 90.9 cm³/mol. The summed E-state index contributed by atoms with van der Waals surface area (Å²) >= 11 is 0. The summed E-state index contributed by atoms with van der Waals surface area (Å²) in [5.74, 6) is 1.05. The van der Waals surface area contributed by atoms with Crippen LogP contribution in [-0.2, 0) is 9.59 Å². The minimum Gasteiger partial charge on any atom is -0.350 e. The number of amides is 2. The van der Waals surface area contributed by atoms with Gasteiger partial charge in [-0.15, -0.1) is 0 Å². The number of nitrogens with one attached hydrogen (secondary N) is 2.